The summed E-state index contributed by atoms with van der Waals surface area (Å²) in [4.78, 5) is 22.1. The van der Waals surface area contributed by atoms with Gasteiger partial charge in [-0.1, -0.05) is 37.1 Å². The van der Waals surface area contributed by atoms with Crippen molar-refractivity contribution in [2.75, 3.05) is 0 Å². The summed E-state index contributed by atoms with van der Waals surface area (Å²) >= 11 is 0. The first-order valence-corrected chi connectivity index (χ1v) is 7.03. The van der Waals surface area contributed by atoms with E-state index in [1.807, 2.05) is 24.3 Å². The van der Waals surface area contributed by atoms with Crippen molar-refractivity contribution in [1.82, 2.24) is 0 Å². The van der Waals surface area contributed by atoms with E-state index in [4.69, 9.17) is 4.74 Å². The lowest BCUT2D eigenvalue weighted by Crippen LogP contribution is -2.25. The van der Waals surface area contributed by atoms with Gasteiger partial charge in [0.15, 0.2) is 0 Å². The fourth-order valence-corrected chi connectivity index (χ4v) is 2.87. The standard InChI is InChI=1S/C16H20O4/c1-11(17)20-10-12-6-8-13(9-7-12)14-4-2-3-5-15(14)16(18)19/h6-9,14-15H,2-5,10H2,1H3,(H,18,19)/t14?,15-/m1/s1. The van der Waals surface area contributed by atoms with Gasteiger partial charge in [0, 0.05) is 6.92 Å². The predicted molar refractivity (Wildman–Crippen MR) is 74.2 cm³/mol. The van der Waals surface area contributed by atoms with Crippen molar-refractivity contribution < 1.29 is 19.4 Å². The molecular weight excluding hydrogens is 256 g/mol. The van der Waals surface area contributed by atoms with Crippen LogP contribution in [0, 0.1) is 5.92 Å². The number of hydrogen-bond donors (Lipinski definition) is 1. The summed E-state index contributed by atoms with van der Waals surface area (Å²) in [5.74, 6) is -1.17. The fraction of sp³-hybridized carbons (Fsp3) is 0.500. The third-order valence-electron chi connectivity index (χ3n) is 3.93. The van der Waals surface area contributed by atoms with Crippen LogP contribution in [0.2, 0.25) is 0 Å². The van der Waals surface area contributed by atoms with Gasteiger partial charge in [0.25, 0.3) is 0 Å². The highest BCUT2D eigenvalue weighted by atomic mass is 16.5. The molecule has 0 heterocycles. The van der Waals surface area contributed by atoms with Crippen molar-refractivity contribution in [2.24, 2.45) is 5.92 Å². The summed E-state index contributed by atoms with van der Waals surface area (Å²) in [5.41, 5.74) is 2.00. The van der Waals surface area contributed by atoms with Gasteiger partial charge in [-0.05, 0) is 29.9 Å². The number of benzene rings is 1. The molecule has 1 saturated carbocycles. The van der Waals surface area contributed by atoms with E-state index in [1.54, 1.807) is 0 Å². The lowest BCUT2D eigenvalue weighted by atomic mass is 9.75. The number of hydrogen-bond acceptors (Lipinski definition) is 3. The maximum absolute atomic E-state index is 11.3. The quantitative estimate of drug-likeness (QED) is 0.858. The van der Waals surface area contributed by atoms with Crippen molar-refractivity contribution in [3.63, 3.8) is 0 Å². The first-order chi connectivity index (χ1) is 9.58. The van der Waals surface area contributed by atoms with Crippen LogP contribution in [0.4, 0.5) is 0 Å². The van der Waals surface area contributed by atoms with Crippen LogP contribution in [0.25, 0.3) is 0 Å². The van der Waals surface area contributed by atoms with Gasteiger partial charge in [0.05, 0.1) is 5.92 Å². The van der Waals surface area contributed by atoms with Crippen LogP contribution >= 0.6 is 0 Å². The summed E-state index contributed by atoms with van der Waals surface area (Å²) in [7, 11) is 0. The number of ether oxygens (including phenoxy) is 1. The molecule has 2 atom stereocenters. The second-order valence-corrected chi connectivity index (χ2v) is 5.36. The SMILES string of the molecule is CC(=O)OCc1ccc(C2CCCC[C@H]2C(=O)O)cc1. The lowest BCUT2D eigenvalue weighted by Gasteiger charge is -2.29. The third-order valence-corrected chi connectivity index (χ3v) is 3.93. The van der Waals surface area contributed by atoms with Crippen LogP contribution in [0.15, 0.2) is 24.3 Å². The molecule has 0 radical (unpaired) electrons. The minimum absolute atomic E-state index is 0.101. The second kappa shape index (κ2) is 6.55. The van der Waals surface area contributed by atoms with Crippen LogP contribution in [-0.4, -0.2) is 17.0 Å². The molecule has 4 heteroatoms. The number of carboxylic acids is 1. The molecule has 1 aliphatic rings. The summed E-state index contributed by atoms with van der Waals surface area (Å²) < 4.78 is 4.94. The van der Waals surface area contributed by atoms with E-state index < -0.39 is 5.97 Å². The Hall–Kier alpha value is -1.84. The first kappa shape index (κ1) is 14.6. The second-order valence-electron chi connectivity index (χ2n) is 5.36. The number of carbonyl (C=O) groups is 2. The average molecular weight is 276 g/mol. The highest BCUT2D eigenvalue weighted by molar-refractivity contribution is 5.71. The number of esters is 1. The Balaban J connectivity index is 2.07. The number of carbonyl (C=O) groups excluding carboxylic acids is 1. The lowest BCUT2D eigenvalue weighted by molar-refractivity contribution is -0.144. The minimum atomic E-state index is -0.696. The molecule has 1 aliphatic carbocycles. The molecule has 0 bridgehead atoms. The Morgan fingerprint density at radius 3 is 2.45 bits per heavy atom. The average Bonchev–Trinajstić information content (AvgIpc) is 2.45. The third kappa shape index (κ3) is 3.59. The van der Waals surface area contributed by atoms with Crippen LogP contribution in [-0.2, 0) is 20.9 Å². The predicted octanol–water partition coefficient (Wildman–Crippen LogP) is 3.11. The fourth-order valence-electron chi connectivity index (χ4n) is 2.87. The van der Waals surface area contributed by atoms with Gasteiger partial charge in [-0.3, -0.25) is 9.59 Å². The van der Waals surface area contributed by atoms with Crippen LogP contribution < -0.4 is 0 Å². The Kier molecular flexibility index (Phi) is 4.77. The van der Waals surface area contributed by atoms with E-state index in [2.05, 4.69) is 0 Å². The van der Waals surface area contributed by atoms with Gasteiger partial charge >= 0.3 is 11.9 Å². The summed E-state index contributed by atoms with van der Waals surface area (Å²) in [5, 5.41) is 9.31. The molecule has 0 saturated heterocycles. The number of rotatable bonds is 4. The monoisotopic (exact) mass is 276 g/mol. The van der Waals surface area contributed by atoms with Gasteiger partial charge in [-0.25, -0.2) is 0 Å². The van der Waals surface area contributed by atoms with Crippen molar-refractivity contribution in [2.45, 2.75) is 45.1 Å². The topological polar surface area (TPSA) is 63.6 Å². The highest BCUT2D eigenvalue weighted by Gasteiger charge is 2.31. The highest BCUT2D eigenvalue weighted by Crippen LogP contribution is 2.37. The normalized spacial score (nSPS) is 22.2. The largest absolute Gasteiger partial charge is 0.481 e. The first-order valence-electron chi connectivity index (χ1n) is 7.03. The number of aliphatic carboxylic acids is 1. The molecule has 1 unspecified atom stereocenters. The molecule has 0 aromatic heterocycles. The van der Waals surface area contributed by atoms with Gasteiger partial charge in [-0.2, -0.15) is 0 Å². The van der Waals surface area contributed by atoms with E-state index in [9.17, 15) is 14.7 Å². The van der Waals surface area contributed by atoms with E-state index in [0.717, 1.165) is 36.8 Å². The minimum Gasteiger partial charge on any atom is -0.481 e. The molecule has 0 spiro atoms. The zero-order chi connectivity index (χ0) is 14.5. The van der Waals surface area contributed by atoms with Crippen molar-refractivity contribution in [1.29, 1.82) is 0 Å². The molecule has 108 valence electrons. The van der Waals surface area contributed by atoms with E-state index >= 15 is 0 Å². The van der Waals surface area contributed by atoms with Gasteiger partial charge in [-0.15, -0.1) is 0 Å². The van der Waals surface area contributed by atoms with Gasteiger partial charge in [0.1, 0.15) is 6.61 Å². The summed E-state index contributed by atoms with van der Waals surface area (Å²) in [6.45, 7) is 1.65. The smallest absolute Gasteiger partial charge is 0.307 e. The molecule has 4 nitrogen and oxygen atoms in total. The van der Waals surface area contributed by atoms with Gasteiger partial charge in [0.2, 0.25) is 0 Å². The molecule has 0 amide bonds. The Bertz CT molecular complexity index is 478. The van der Waals surface area contributed by atoms with E-state index in [-0.39, 0.29) is 24.4 Å². The Labute approximate surface area is 118 Å². The van der Waals surface area contributed by atoms with E-state index in [1.165, 1.54) is 6.92 Å². The van der Waals surface area contributed by atoms with E-state index in [0.29, 0.717) is 0 Å². The van der Waals surface area contributed by atoms with Crippen molar-refractivity contribution >= 4 is 11.9 Å². The zero-order valence-corrected chi connectivity index (χ0v) is 11.7. The Morgan fingerprint density at radius 1 is 1.20 bits per heavy atom. The molecule has 1 aromatic rings. The molecule has 1 fully saturated rings. The summed E-state index contributed by atoms with van der Waals surface area (Å²) in [6.07, 6.45) is 3.77. The molecule has 0 aliphatic heterocycles. The maximum Gasteiger partial charge on any atom is 0.307 e. The molecule has 1 aromatic carbocycles. The zero-order valence-electron chi connectivity index (χ0n) is 11.7. The molecule has 1 N–H and O–H groups in total. The molecule has 20 heavy (non-hydrogen) atoms. The van der Waals surface area contributed by atoms with Crippen LogP contribution in [0.1, 0.15) is 49.7 Å². The van der Waals surface area contributed by atoms with Crippen molar-refractivity contribution in [3.05, 3.63) is 35.4 Å². The summed E-state index contributed by atoms with van der Waals surface area (Å²) in [6, 6.07) is 7.74. The van der Waals surface area contributed by atoms with Crippen molar-refractivity contribution in [3.8, 4) is 0 Å². The van der Waals surface area contributed by atoms with Crippen LogP contribution in [0.5, 0.6) is 0 Å². The maximum atomic E-state index is 11.3. The molecular formula is C16H20O4. The Morgan fingerprint density at radius 2 is 1.85 bits per heavy atom. The molecule has 2 rings (SSSR count). The van der Waals surface area contributed by atoms with Gasteiger partial charge < -0.3 is 9.84 Å². The number of carboxylic acid groups (broad SMARTS) is 1. The van der Waals surface area contributed by atoms with Crippen LogP contribution in [0.3, 0.4) is 0 Å².